The average Bonchev–Trinajstić information content (AvgIpc) is 2.57. The van der Waals surface area contributed by atoms with E-state index in [9.17, 15) is 18.3 Å². The van der Waals surface area contributed by atoms with Gasteiger partial charge >= 0.3 is 6.18 Å². The van der Waals surface area contributed by atoms with E-state index in [4.69, 9.17) is 0 Å². The summed E-state index contributed by atoms with van der Waals surface area (Å²) < 4.78 is 37.6. The van der Waals surface area contributed by atoms with E-state index in [-0.39, 0.29) is 0 Å². The van der Waals surface area contributed by atoms with E-state index in [1.54, 1.807) is 0 Å². The summed E-state index contributed by atoms with van der Waals surface area (Å²) in [5, 5.41) is 10.7. The van der Waals surface area contributed by atoms with Crippen molar-refractivity contribution in [2.75, 3.05) is 13.1 Å². The van der Waals surface area contributed by atoms with Crippen molar-refractivity contribution in [2.45, 2.75) is 31.2 Å². The Morgan fingerprint density at radius 3 is 2.17 bits per heavy atom. The second-order valence-corrected chi connectivity index (χ2v) is 6.09. The van der Waals surface area contributed by atoms with E-state index in [1.165, 1.54) is 5.56 Å². The molecule has 1 fully saturated rings. The topological polar surface area (TPSA) is 49.3 Å². The van der Waals surface area contributed by atoms with Crippen molar-refractivity contribution < 1.29 is 18.3 Å². The van der Waals surface area contributed by atoms with Crippen LogP contribution in [-0.4, -0.2) is 33.1 Å². The second kappa shape index (κ2) is 6.49. The van der Waals surface area contributed by atoms with Crippen LogP contribution in [0.25, 0.3) is 0 Å². The lowest BCUT2D eigenvalue weighted by atomic mass is 9.86. The van der Waals surface area contributed by atoms with Crippen LogP contribution in [-0.2, 0) is 18.3 Å². The molecule has 24 heavy (non-hydrogen) atoms. The maximum atomic E-state index is 12.5. The van der Waals surface area contributed by atoms with Gasteiger partial charge in [-0.05, 0) is 18.4 Å². The lowest BCUT2D eigenvalue weighted by Gasteiger charge is -2.38. The van der Waals surface area contributed by atoms with Crippen molar-refractivity contribution in [3.63, 3.8) is 0 Å². The quantitative estimate of drug-likeness (QED) is 0.935. The fourth-order valence-electron chi connectivity index (χ4n) is 2.93. The van der Waals surface area contributed by atoms with Crippen LogP contribution in [0.5, 0.6) is 0 Å². The summed E-state index contributed by atoms with van der Waals surface area (Å²) in [5.74, 6) is -1.18. The van der Waals surface area contributed by atoms with Gasteiger partial charge in [-0.3, -0.25) is 4.90 Å². The highest BCUT2D eigenvalue weighted by atomic mass is 19.4. The molecule has 0 radical (unpaired) electrons. The molecule has 128 valence electrons. The summed E-state index contributed by atoms with van der Waals surface area (Å²) in [5.41, 5.74) is 0.368. The lowest BCUT2D eigenvalue weighted by Crippen LogP contribution is -2.42. The molecule has 0 amide bonds. The summed E-state index contributed by atoms with van der Waals surface area (Å²) in [6.07, 6.45) is -1.52. The SMILES string of the molecule is OC1(c2cnc(C(F)(F)F)nc2)CCN(Cc2ccccc2)CC1. The van der Waals surface area contributed by atoms with Crippen LogP contribution in [0, 0.1) is 0 Å². The predicted octanol–water partition coefficient (Wildman–Crippen LogP) is 2.98. The minimum Gasteiger partial charge on any atom is -0.385 e. The summed E-state index contributed by atoms with van der Waals surface area (Å²) in [6.45, 7) is 2.11. The highest BCUT2D eigenvalue weighted by molar-refractivity contribution is 5.18. The average molecular weight is 337 g/mol. The van der Waals surface area contributed by atoms with Gasteiger partial charge in [0, 0.05) is 37.6 Å². The third-order valence-electron chi connectivity index (χ3n) is 4.37. The largest absolute Gasteiger partial charge is 0.451 e. The molecule has 0 spiro atoms. The molecule has 0 aliphatic carbocycles. The molecule has 1 aliphatic heterocycles. The van der Waals surface area contributed by atoms with E-state index >= 15 is 0 Å². The predicted molar refractivity (Wildman–Crippen MR) is 81.9 cm³/mol. The molecule has 1 saturated heterocycles. The van der Waals surface area contributed by atoms with E-state index in [2.05, 4.69) is 14.9 Å². The highest BCUT2D eigenvalue weighted by Crippen LogP contribution is 2.33. The zero-order valence-electron chi connectivity index (χ0n) is 13.0. The number of alkyl halides is 3. The zero-order valence-corrected chi connectivity index (χ0v) is 13.0. The van der Waals surface area contributed by atoms with Crippen molar-refractivity contribution >= 4 is 0 Å². The highest BCUT2D eigenvalue weighted by Gasteiger charge is 2.37. The van der Waals surface area contributed by atoms with E-state index in [1.807, 2.05) is 30.3 Å². The molecule has 7 heteroatoms. The van der Waals surface area contributed by atoms with Crippen molar-refractivity contribution in [1.29, 1.82) is 0 Å². The van der Waals surface area contributed by atoms with Crippen molar-refractivity contribution in [3.05, 3.63) is 59.7 Å². The Labute approximate surface area is 138 Å². The van der Waals surface area contributed by atoms with Gasteiger partial charge in [-0.2, -0.15) is 13.2 Å². The van der Waals surface area contributed by atoms with Crippen LogP contribution >= 0.6 is 0 Å². The van der Waals surface area contributed by atoms with Crippen LogP contribution in [0.1, 0.15) is 29.8 Å². The molecule has 2 heterocycles. The summed E-state index contributed by atoms with van der Waals surface area (Å²) in [4.78, 5) is 8.91. The summed E-state index contributed by atoms with van der Waals surface area (Å²) >= 11 is 0. The number of benzene rings is 1. The van der Waals surface area contributed by atoms with Crippen LogP contribution in [0.15, 0.2) is 42.7 Å². The van der Waals surface area contributed by atoms with Crippen LogP contribution in [0.2, 0.25) is 0 Å². The Bertz CT molecular complexity index is 666. The third-order valence-corrected chi connectivity index (χ3v) is 4.37. The smallest absolute Gasteiger partial charge is 0.385 e. The second-order valence-electron chi connectivity index (χ2n) is 6.09. The molecule has 2 aromatic rings. The first-order valence-electron chi connectivity index (χ1n) is 7.75. The van der Waals surface area contributed by atoms with Gasteiger partial charge in [0.1, 0.15) is 0 Å². The van der Waals surface area contributed by atoms with E-state index < -0.39 is 17.6 Å². The number of piperidine rings is 1. The number of rotatable bonds is 3. The Balaban J connectivity index is 1.64. The zero-order chi connectivity index (χ0) is 17.2. The van der Waals surface area contributed by atoms with Crippen molar-refractivity contribution in [2.24, 2.45) is 0 Å². The Hall–Kier alpha value is -1.99. The minimum absolute atomic E-state index is 0.342. The van der Waals surface area contributed by atoms with Crippen molar-refractivity contribution in [3.8, 4) is 0 Å². The number of hydrogen-bond donors (Lipinski definition) is 1. The molecule has 1 N–H and O–H groups in total. The number of halogens is 3. The molecule has 4 nitrogen and oxygen atoms in total. The summed E-state index contributed by atoms with van der Waals surface area (Å²) in [7, 11) is 0. The maximum absolute atomic E-state index is 12.5. The fraction of sp³-hybridized carbons (Fsp3) is 0.412. The first kappa shape index (κ1) is 16.9. The Morgan fingerprint density at radius 1 is 1.04 bits per heavy atom. The van der Waals surface area contributed by atoms with Gasteiger partial charge in [-0.1, -0.05) is 30.3 Å². The molecular weight excluding hydrogens is 319 g/mol. The fourth-order valence-corrected chi connectivity index (χ4v) is 2.93. The Morgan fingerprint density at radius 2 is 1.62 bits per heavy atom. The molecule has 1 aromatic heterocycles. The summed E-state index contributed by atoms with van der Waals surface area (Å²) in [6, 6.07) is 10.0. The van der Waals surface area contributed by atoms with Gasteiger partial charge in [0.05, 0.1) is 5.60 Å². The molecule has 1 aliphatic rings. The van der Waals surface area contributed by atoms with Gasteiger partial charge in [-0.15, -0.1) is 0 Å². The normalized spacial score (nSPS) is 18.5. The van der Waals surface area contributed by atoms with Gasteiger partial charge in [-0.25, -0.2) is 9.97 Å². The Kier molecular flexibility index (Phi) is 4.56. The number of aromatic nitrogens is 2. The van der Waals surface area contributed by atoms with Crippen molar-refractivity contribution in [1.82, 2.24) is 14.9 Å². The van der Waals surface area contributed by atoms with Gasteiger partial charge in [0.2, 0.25) is 5.82 Å². The van der Waals surface area contributed by atoms with Crippen LogP contribution < -0.4 is 0 Å². The first-order chi connectivity index (χ1) is 11.4. The molecule has 0 unspecified atom stereocenters. The number of likely N-dealkylation sites (tertiary alicyclic amines) is 1. The lowest BCUT2D eigenvalue weighted by molar-refractivity contribution is -0.145. The van der Waals surface area contributed by atoms with E-state index in [0.717, 1.165) is 18.9 Å². The third kappa shape index (κ3) is 3.73. The van der Waals surface area contributed by atoms with Crippen LogP contribution in [0.3, 0.4) is 0 Å². The van der Waals surface area contributed by atoms with Gasteiger partial charge in [0.15, 0.2) is 0 Å². The molecule has 0 bridgehead atoms. The van der Waals surface area contributed by atoms with Crippen LogP contribution in [0.4, 0.5) is 13.2 Å². The maximum Gasteiger partial charge on any atom is 0.451 e. The monoisotopic (exact) mass is 337 g/mol. The van der Waals surface area contributed by atoms with Gasteiger partial charge < -0.3 is 5.11 Å². The molecule has 3 rings (SSSR count). The molecule has 0 atom stereocenters. The molecule has 1 aromatic carbocycles. The number of hydrogen-bond acceptors (Lipinski definition) is 4. The van der Waals surface area contributed by atoms with E-state index in [0.29, 0.717) is 31.5 Å². The number of aliphatic hydroxyl groups is 1. The van der Waals surface area contributed by atoms with Gasteiger partial charge in [0.25, 0.3) is 0 Å². The first-order valence-corrected chi connectivity index (χ1v) is 7.75. The molecule has 0 saturated carbocycles. The molecular formula is C17H18F3N3O. The standard InChI is InChI=1S/C17H18F3N3O/c18-17(19,20)15-21-10-14(11-22-15)16(24)6-8-23(9-7-16)12-13-4-2-1-3-5-13/h1-5,10-11,24H,6-9,12H2. The number of nitrogens with zero attached hydrogens (tertiary/aromatic N) is 3. The minimum atomic E-state index is -4.57.